The third-order valence-electron chi connectivity index (χ3n) is 2.78. The second kappa shape index (κ2) is 5.92. The molecule has 0 fully saturated rings. The smallest absolute Gasteiger partial charge is 0.259 e. The minimum atomic E-state index is -3.88. The van der Waals surface area contributed by atoms with E-state index >= 15 is 0 Å². The van der Waals surface area contributed by atoms with E-state index in [1.165, 1.54) is 17.9 Å². The molecule has 0 aliphatic rings. The van der Waals surface area contributed by atoms with Crippen molar-refractivity contribution in [1.82, 2.24) is 14.5 Å². The van der Waals surface area contributed by atoms with E-state index in [1.807, 2.05) is 6.07 Å². The highest BCUT2D eigenvalue weighted by atomic mass is 35.5. The number of benzene rings is 1. The van der Waals surface area contributed by atoms with Crippen molar-refractivity contribution >= 4 is 21.6 Å². The number of aryl methyl sites for hydroxylation is 1. The van der Waals surface area contributed by atoms with Gasteiger partial charge in [0, 0.05) is 7.05 Å². The minimum Gasteiger partial charge on any atom is -0.394 e. The molecule has 2 rings (SSSR count). The van der Waals surface area contributed by atoms with Crippen LogP contribution in [0.15, 0.2) is 41.6 Å². The van der Waals surface area contributed by atoms with Gasteiger partial charge in [0.2, 0.25) is 0 Å². The van der Waals surface area contributed by atoms with Gasteiger partial charge in [-0.1, -0.05) is 41.9 Å². The van der Waals surface area contributed by atoms with Gasteiger partial charge in [0.1, 0.15) is 0 Å². The van der Waals surface area contributed by atoms with E-state index in [9.17, 15) is 13.5 Å². The third kappa shape index (κ3) is 3.01. The van der Waals surface area contributed by atoms with Crippen LogP contribution in [0.2, 0.25) is 5.02 Å². The van der Waals surface area contributed by atoms with Gasteiger partial charge in [-0.05, 0) is 5.56 Å². The average molecular weight is 316 g/mol. The van der Waals surface area contributed by atoms with Crippen molar-refractivity contribution in [3.63, 3.8) is 0 Å². The highest BCUT2D eigenvalue weighted by Gasteiger charge is 2.26. The molecule has 0 unspecified atom stereocenters. The Bertz CT molecular complexity index is 666. The normalized spacial score (nSPS) is 13.3. The Hall–Kier alpha value is -1.41. The second-order valence-corrected chi connectivity index (χ2v) is 6.22. The summed E-state index contributed by atoms with van der Waals surface area (Å²) in [7, 11) is -2.40. The van der Waals surface area contributed by atoms with Crippen LogP contribution in [0.4, 0.5) is 0 Å². The van der Waals surface area contributed by atoms with E-state index < -0.39 is 16.1 Å². The fourth-order valence-electron chi connectivity index (χ4n) is 1.84. The summed E-state index contributed by atoms with van der Waals surface area (Å²) in [5.74, 6) is 0. The summed E-state index contributed by atoms with van der Waals surface area (Å²) in [6.45, 7) is -0.362. The van der Waals surface area contributed by atoms with Gasteiger partial charge < -0.3 is 5.11 Å². The molecule has 6 nitrogen and oxygen atoms in total. The lowest BCUT2D eigenvalue weighted by Crippen LogP contribution is -2.32. The number of halogens is 1. The van der Waals surface area contributed by atoms with Crippen molar-refractivity contribution in [3.05, 3.63) is 47.1 Å². The number of nitrogens with zero attached hydrogens (tertiary/aromatic N) is 2. The van der Waals surface area contributed by atoms with Gasteiger partial charge in [0.15, 0.2) is 5.03 Å². The summed E-state index contributed by atoms with van der Waals surface area (Å²) in [5.41, 5.74) is 0.664. The fourth-order valence-corrected chi connectivity index (χ4v) is 3.71. The molecular formula is C12H14ClN3O3S. The van der Waals surface area contributed by atoms with Crippen LogP contribution in [0, 0.1) is 0 Å². The van der Waals surface area contributed by atoms with Crippen LogP contribution < -0.4 is 4.72 Å². The SMILES string of the molecule is Cn1ncc(Cl)c1S(=O)(=O)N[C@@H](CO)c1ccccc1. The first-order valence-corrected chi connectivity index (χ1v) is 7.67. The summed E-state index contributed by atoms with van der Waals surface area (Å²) in [4.78, 5) is 0. The van der Waals surface area contributed by atoms with Crippen molar-refractivity contribution in [2.45, 2.75) is 11.1 Å². The molecule has 0 aliphatic carbocycles. The Morgan fingerprint density at radius 3 is 2.55 bits per heavy atom. The lowest BCUT2D eigenvalue weighted by Gasteiger charge is -2.17. The van der Waals surface area contributed by atoms with Gasteiger partial charge in [-0.3, -0.25) is 4.68 Å². The Labute approximate surface area is 122 Å². The molecule has 8 heteroatoms. The first kappa shape index (κ1) is 15.0. The van der Waals surface area contributed by atoms with Crippen molar-refractivity contribution in [2.24, 2.45) is 7.05 Å². The number of rotatable bonds is 5. The molecule has 108 valence electrons. The predicted octanol–water partition coefficient (Wildman–Crippen LogP) is 1.09. The second-order valence-electron chi connectivity index (χ2n) is 4.19. The maximum atomic E-state index is 12.3. The number of nitrogens with one attached hydrogen (secondary N) is 1. The molecule has 0 spiro atoms. The molecular weight excluding hydrogens is 302 g/mol. The lowest BCUT2D eigenvalue weighted by molar-refractivity contribution is 0.258. The number of aliphatic hydroxyl groups is 1. The maximum Gasteiger partial charge on any atom is 0.259 e. The number of hydrogen-bond acceptors (Lipinski definition) is 4. The van der Waals surface area contributed by atoms with Gasteiger partial charge in [0.25, 0.3) is 10.0 Å². The van der Waals surface area contributed by atoms with Crippen LogP contribution in [0.3, 0.4) is 0 Å². The van der Waals surface area contributed by atoms with Gasteiger partial charge in [-0.15, -0.1) is 0 Å². The standard InChI is InChI=1S/C12H14ClN3O3S/c1-16-12(10(13)7-14-16)20(18,19)15-11(8-17)9-5-3-2-4-6-9/h2-7,11,15,17H,8H2,1H3/t11-/m0/s1. The van der Waals surface area contributed by atoms with E-state index in [1.54, 1.807) is 24.3 Å². The lowest BCUT2D eigenvalue weighted by atomic mass is 10.1. The molecule has 20 heavy (non-hydrogen) atoms. The fraction of sp³-hybridized carbons (Fsp3) is 0.250. The summed E-state index contributed by atoms with van der Waals surface area (Å²) in [5, 5.41) is 13.1. The zero-order valence-corrected chi connectivity index (χ0v) is 12.3. The molecule has 1 aromatic carbocycles. The van der Waals surface area contributed by atoms with Crippen molar-refractivity contribution in [3.8, 4) is 0 Å². The molecule has 0 radical (unpaired) electrons. The first-order chi connectivity index (χ1) is 9.45. The third-order valence-corrected chi connectivity index (χ3v) is 4.76. The van der Waals surface area contributed by atoms with Crippen molar-refractivity contribution in [2.75, 3.05) is 6.61 Å². The predicted molar refractivity (Wildman–Crippen MR) is 74.8 cm³/mol. The quantitative estimate of drug-likeness (QED) is 0.865. The summed E-state index contributed by atoms with van der Waals surface area (Å²) >= 11 is 5.84. The molecule has 2 aromatic rings. The molecule has 1 aromatic heterocycles. The monoisotopic (exact) mass is 315 g/mol. The summed E-state index contributed by atoms with van der Waals surface area (Å²) in [6.07, 6.45) is 1.26. The number of sulfonamides is 1. The molecule has 1 atom stereocenters. The first-order valence-electron chi connectivity index (χ1n) is 5.81. The Balaban J connectivity index is 2.32. The van der Waals surface area contributed by atoms with Gasteiger partial charge in [0.05, 0.1) is 23.9 Å². The molecule has 0 aliphatic heterocycles. The van der Waals surface area contributed by atoms with Crippen LogP contribution in [-0.4, -0.2) is 29.9 Å². The Morgan fingerprint density at radius 1 is 1.40 bits per heavy atom. The van der Waals surface area contributed by atoms with E-state index in [2.05, 4.69) is 9.82 Å². The van der Waals surface area contributed by atoms with Crippen LogP contribution in [0.5, 0.6) is 0 Å². The van der Waals surface area contributed by atoms with Crippen LogP contribution in [0.1, 0.15) is 11.6 Å². The molecule has 0 saturated heterocycles. The zero-order valence-electron chi connectivity index (χ0n) is 10.7. The number of hydrogen-bond donors (Lipinski definition) is 2. The van der Waals surface area contributed by atoms with E-state index in [-0.39, 0.29) is 16.7 Å². The van der Waals surface area contributed by atoms with Crippen molar-refractivity contribution in [1.29, 1.82) is 0 Å². The maximum absolute atomic E-state index is 12.3. The molecule has 2 N–H and O–H groups in total. The average Bonchev–Trinajstić information content (AvgIpc) is 2.77. The minimum absolute atomic E-state index is 0.0322. The molecule has 0 bridgehead atoms. The van der Waals surface area contributed by atoms with Gasteiger partial charge in [-0.2, -0.15) is 9.82 Å². The number of aromatic nitrogens is 2. The molecule has 0 amide bonds. The topological polar surface area (TPSA) is 84.2 Å². The highest BCUT2D eigenvalue weighted by Crippen LogP contribution is 2.22. The van der Waals surface area contributed by atoms with Crippen LogP contribution in [0.25, 0.3) is 0 Å². The van der Waals surface area contributed by atoms with Crippen LogP contribution in [-0.2, 0) is 17.1 Å². The largest absolute Gasteiger partial charge is 0.394 e. The molecule has 1 heterocycles. The van der Waals surface area contributed by atoms with Crippen molar-refractivity contribution < 1.29 is 13.5 Å². The number of aliphatic hydroxyl groups excluding tert-OH is 1. The van der Waals surface area contributed by atoms with Gasteiger partial charge >= 0.3 is 0 Å². The summed E-state index contributed by atoms with van der Waals surface area (Å²) in [6, 6.07) is 8.06. The van der Waals surface area contributed by atoms with E-state index in [0.29, 0.717) is 5.56 Å². The Morgan fingerprint density at radius 2 is 2.05 bits per heavy atom. The highest BCUT2D eigenvalue weighted by molar-refractivity contribution is 7.89. The van der Waals surface area contributed by atoms with E-state index in [0.717, 1.165) is 0 Å². The van der Waals surface area contributed by atoms with E-state index in [4.69, 9.17) is 11.6 Å². The Kier molecular flexibility index (Phi) is 4.44. The van der Waals surface area contributed by atoms with Crippen LogP contribution >= 0.6 is 11.6 Å². The zero-order chi connectivity index (χ0) is 14.8. The summed E-state index contributed by atoms with van der Waals surface area (Å²) < 4.78 is 28.2. The molecule has 0 saturated carbocycles. The van der Waals surface area contributed by atoms with Gasteiger partial charge in [-0.25, -0.2) is 8.42 Å².